The Labute approximate surface area is 168 Å². The van der Waals surface area contributed by atoms with E-state index in [4.69, 9.17) is 10.5 Å². The summed E-state index contributed by atoms with van der Waals surface area (Å²) in [4.78, 5) is 36.1. The van der Waals surface area contributed by atoms with Crippen LogP contribution in [0.5, 0.6) is 0 Å². The molecular formula is C23H20N2O4. The van der Waals surface area contributed by atoms with Crippen LogP contribution in [0.1, 0.15) is 38.0 Å². The van der Waals surface area contributed by atoms with E-state index in [1.807, 2.05) is 6.07 Å². The molecule has 0 aliphatic heterocycles. The van der Waals surface area contributed by atoms with Crippen LogP contribution in [0, 0.1) is 0 Å². The minimum atomic E-state index is -0.521. The van der Waals surface area contributed by atoms with Gasteiger partial charge in [-0.2, -0.15) is 0 Å². The zero-order chi connectivity index (χ0) is 20.8. The van der Waals surface area contributed by atoms with Crippen molar-refractivity contribution in [2.45, 2.75) is 6.92 Å². The van der Waals surface area contributed by atoms with Crippen LogP contribution in [-0.2, 0) is 4.74 Å². The van der Waals surface area contributed by atoms with Gasteiger partial charge in [0.05, 0.1) is 12.2 Å². The summed E-state index contributed by atoms with van der Waals surface area (Å²) in [7, 11) is 0. The fourth-order valence-electron chi connectivity index (χ4n) is 2.82. The maximum Gasteiger partial charge on any atom is 0.338 e. The Balaban J connectivity index is 1.98. The lowest BCUT2D eigenvalue weighted by atomic mass is 10.0. The van der Waals surface area contributed by atoms with Gasteiger partial charge >= 0.3 is 5.97 Å². The van der Waals surface area contributed by atoms with E-state index in [1.165, 1.54) is 0 Å². The smallest absolute Gasteiger partial charge is 0.338 e. The lowest BCUT2D eigenvalue weighted by Crippen LogP contribution is -2.13. The molecule has 29 heavy (non-hydrogen) atoms. The van der Waals surface area contributed by atoms with Gasteiger partial charge in [0.2, 0.25) is 5.91 Å². The standard InChI is InChI=1S/C23H20N2O4/c1-2-29-23(28)19-12-18(15-8-10-16(11-9-15)21(24)26)13-20(14-19)25-22(27)17-6-4-3-5-7-17/h3-14H,2H2,1H3,(H2,24,26)(H,25,27). The topological polar surface area (TPSA) is 98.5 Å². The van der Waals surface area contributed by atoms with Crippen LogP contribution in [0.25, 0.3) is 11.1 Å². The van der Waals surface area contributed by atoms with Crippen molar-refractivity contribution in [1.82, 2.24) is 0 Å². The second-order valence-corrected chi connectivity index (χ2v) is 6.28. The molecule has 3 N–H and O–H groups in total. The third-order valence-corrected chi connectivity index (χ3v) is 4.24. The van der Waals surface area contributed by atoms with Gasteiger partial charge < -0.3 is 15.8 Å². The molecule has 0 aromatic heterocycles. The molecule has 0 spiro atoms. The van der Waals surface area contributed by atoms with Crippen LogP contribution < -0.4 is 11.1 Å². The molecule has 2 amide bonds. The minimum absolute atomic E-state index is 0.238. The highest BCUT2D eigenvalue weighted by Gasteiger charge is 2.13. The van der Waals surface area contributed by atoms with E-state index in [-0.39, 0.29) is 12.5 Å². The van der Waals surface area contributed by atoms with Crippen molar-refractivity contribution in [2.24, 2.45) is 5.73 Å². The van der Waals surface area contributed by atoms with Crippen molar-refractivity contribution >= 4 is 23.5 Å². The van der Waals surface area contributed by atoms with E-state index >= 15 is 0 Å². The number of ether oxygens (including phenoxy) is 1. The SMILES string of the molecule is CCOC(=O)c1cc(NC(=O)c2ccccc2)cc(-c2ccc(C(N)=O)cc2)c1. The largest absolute Gasteiger partial charge is 0.462 e. The van der Waals surface area contributed by atoms with Gasteiger partial charge in [-0.15, -0.1) is 0 Å². The summed E-state index contributed by atoms with van der Waals surface area (Å²) in [5.74, 6) is -1.30. The van der Waals surface area contributed by atoms with E-state index in [0.717, 1.165) is 5.56 Å². The summed E-state index contributed by atoms with van der Waals surface area (Å²) in [6, 6.07) is 20.5. The lowest BCUT2D eigenvalue weighted by Gasteiger charge is -2.11. The van der Waals surface area contributed by atoms with Crippen molar-refractivity contribution in [2.75, 3.05) is 11.9 Å². The summed E-state index contributed by atoms with van der Waals surface area (Å²) in [5.41, 5.74) is 8.39. The van der Waals surface area contributed by atoms with Gasteiger partial charge in [-0.25, -0.2) is 4.79 Å². The molecule has 0 aliphatic carbocycles. The van der Waals surface area contributed by atoms with Crippen molar-refractivity contribution in [3.63, 3.8) is 0 Å². The molecule has 6 heteroatoms. The van der Waals surface area contributed by atoms with Crippen LogP contribution >= 0.6 is 0 Å². The lowest BCUT2D eigenvalue weighted by molar-refractivity contribution is 0.0526. The summed E-state index contributed by atoms with van der Waals surface area (Å²) in [6.07, 6.45) is 0. The Morgan fingerprint density at radius 1 is 0.828 bits per heavy atom. The monoisotopic (exact) mass is 388 g/mol. The average molecular weight is 388 g/mol. The number of benzene rings is 3. The van der Waals surface area contributed by atoms with Crippen molar-refractivity contribution in [3.8, 4) is 11.1 Å². The summed E-state index contributed by atoms with van der Waals surface area (Å²) < 4.78 is 5.10. The number of hydrogen-bond donors (Lipinski definition) is 2. The number of amides is 2. The molecule has 0 fully saturated rings. The Bertz CT molecular complexity index is 1040. The average Bonchev–Trinajstić information content (AvgIpc) is 2.74. The van der Waals surface area contributed by atoms with E-state index in [9.17, 15) is 14.4 Å². The Morgan fingerprint density at radius 3 is 2.14 bits per heavy atom. The maximum atomic E-state index is 12.5. The highest BCUT2D eigenvalue weighted by molar-refractivity contribution is 6.05. The predicted molar refractivity (Wildman–Crippen MR) is 111 cm³/mol. The van der Waals surface area contributed by atoms with Gasteiger partial charge in [0.1, 0.15) is 0 Å². The number of hydrogen-bond acceptors (Lipinski definition) is 4. The molecule has 3 aromatic rings. The molecule has 0 aliphatic rings. The molecule has 0 bridgehead atoms. The number of esters is 1. The number of rotatable bonds is 6. The van der Waals surface area contributed by atoms with Gasteiger partial charge in [-0.3, -0.25) is 9.59 Å². The fraction of sp³-hybridized carbons (Fsp3) is 0.0870. The van der Waals surface area contributed by atoms with Crippen molar-refractivity contribution < 1.29 is 19.1 Å². The predicted octanol–water partition coefficient (Wildman–Crippen LogP) is 3.88. The molecule has 3 rings (SSSR count). The number of primary amides is 1. The Kier molecular flexibility index (Phi) is 6.04. The molecule has 0 saturated heterocycles. The number of anilines is 1. The zero-order valence-electron chi connectivity index (χ0n) is 15.8. The van der Waals surface area contributed by atoms with Crippen LogP contribution in [0.3, 0.4) is 0 Å². The second-order valence-electron chi connectivity index (χ2n) is 6.28. The molecule has 3 aromatic carbocycles. The molecule has 0 radical (unpaired) electrons. The second kappa shape index (κ2) is 8.84. The number of nitrogens with one attached hydrogen (secondary N) is 1. The van der Waals surface area contributed by atoms with Crippen LogP contribution in [0.4, 0.5) is 5.69 Å². The minimum Gasteiger partial charge on any atom is -0.462 e. The number of nitrogens with two attached hydrogens (primary N) is 1. The van der Waals surface area contributed by atoms with Gasteiger partial charge in [0.15, 0.2) is 0 Å². The fourth-order valence-corrected chi connectivity index (χ4v) is 2.82. The van der Waals surface area contributed by atoms with Gasteiger partial charge in [0.25, 0.3) is 5.91 Å². The number of carbonyl (C=O) groups is 3. The maximum absolute atomic E-state index is 12.5. The first-order chi connectivity index (χ1) is 14.0. The molecule has 0 unspecified atom stereocenters. The van der Waals surface area contributed by atoms with Gasteiger partial charge in [-0.05, 0) is 60.5 Å². The molecule has 0 atom stereocenters. The van der Waals surface area contributed by atoms with Crippen molar-refractivity contribution in [1.29, 1.82) is 0 Å². The summed E-state index contributed by atoms with van der Waals surface area (Å²) >= 11 is 0. The first kappa shape index (κ1) is 19.8. The normalized spacial score (nSPS) is 10.2. The zero-order valence-corrected chi connectivity index (χ0v) is 15.8. The first-order valence-corrected chi connectivity index (χ1v) is 9.07. The van der Waals surface area contributed by atoms with Gasteiger partial charge in [0, 0.05) is 16.8 Å². The molecule has 0 heterocycles. The Morgan fingerprint density at radius 2 is 1.52 bits per heavy atom. The third-order valence-electron chi connectivity index (χ3n) is 4.24. The van der Waals surface area contributed by atoms with E-state index in [0.29, 0.717) is 27.9 Å². The van der Waals surface area contributed by atoms with Crippen LogP contribution in [-0.4, -0.2) is 24.4 Å². The highest BCUT2D eigenvalue weighted by Crippen LogP contribution is 2.26. The Hall–Kier alpha value is -3.93. The van der Waals surface area contributed by atoms with Crippen LogP contribution in [0.15, 0.2) is 72.8 Å². The van der Waals surface area contributed by atoms with Gasteiger partial charge in [-0.1, -0.05) is 30.3 Å². The highest BCUT2D eigenvalue weighted by atomic mass is 16.5. The number of carbonyl (C=O) groups excluding carboxylic acids is 3. The molecule has 6 nitrogen and oxygen atoms in total. The van der Waals surface area contributed by atoms with E-state index < -0.39 is 11.9 Å². The van der Waals surface area contributed by atoms with Crippen molar-refractivity contribution in [3.05, 3.63) is 89.5 Å². The summed E-state index contributed by atoms with van der Waals surface area (Å²) in [6.45, 7) is 1.96. The third kappa shape index (κ3) is 4.87. The molecular weight excluding hydrogens is 368 g/mol. The van der Waals surface area contributed by atoms with E-state index in [2.05, 4.69) is 5.32 Å². The summed E-state index contributed by atoms with van der Waals surface area (Å²) in [5, 5.41) is 2.81. The first-order valence-electron chi connectivity index (χ1n) is 9.07. The molecule has 0 saturated carbocycles. The quantitative estimate of drug-likeness (QED) is 0.626. The van der Waals surface area contributed by atoms with E-state index in [1.54, 1.807) is 73.7 Å². The van der Waals surface area contributed by atoms with Crippen LogP contribution in [0.2, 0.25) is 0 Å². The molecule has 146 valence electrons.